The first kappa shape index (κ1) is 18.3. The molecule has 2 N–H and O–H groups in total. The summed E-state index contributed by atoms with van der Waals surface area (Å²) in [7, 11) is 0. The fourth-order valence-electron chi connectivity index (χ4n) is 4.37. The van der Waals surface area contributed by atoms with Crippen molar-refractivity contribution in [3.8, 4) is 0 Å². The molecule has 3 rings (SSSR count). The Morgan fingerprint density at radius 2 is 1.70 bits per heavy atom. The quantitative estimate of drug-likeness (QED) is 0.863. The molecule has 1 amide bonds. The van der Waals surface area contributed by atoms with Gasteiger partial charge in [0.2, 0.25) is 5.91 Å². The minimum Gasteiger partial charge on any atom is -0.352 e. The minimum absolute atomic E-state index is 0. The Morgan fingerprint density at radius 3 is 2.22 bits per heavy atom. The standard InChI is InChI=1S/C19H28N2O.ClH/c1-3-19(4-2,14-8-6-5-7-9-14)18(22)21-17-12-15-10-11-16(13-17)20-15;/h5-9,15-17,20H,3-4,10-13H2,1-2H3,(H,21,22);1H. The van der Waals surface area contributed by atoms with Crippen LogP contribution in [0.2, 0.25) is 0 Å². The molecule has 2 unspecified atom stereocenters. The van der Waals surface area contributed by atoms with Gasteiger partial charge in [0, 0.05) is 18.1 Å². The molecular weight excluding hydrogens is 308 g/mol. The Bertz CT molecular complexity index is 503. The minimum atomic E-state index is -0.384. The van der Waals surface area contributed by atoms with Crippen molar-refractivity contribution in [3.63, 3.8) is 0 Å². The summed E-state index contributed by atoms with van der Waals surface area (Å²) in [5.74, 6) is 0.218. The van der Waals surface area contributed by atoms with E-state index in [2.05, 4.69) is 36.6 Å². The van der Waals surface area contributed by atoms with Gasteiger partial charge >= 0.3 is 0 Å². The smallest absolute Gasteiger partial charge is 0.230 e. The highest BCUT2D eigenvalue weighted by Crippen LogP contribution is 2.33. The van der Waals surface area contributed by atoms with Crippen LogP contribution in [0.3, 0.4) is 0 Å². The van der Waals surface area contributed by atoms with E-state index >= 15 is 0 Å². The zero-order chi connectivity index (χ0) is 15.6. The predicted octanol–water partition coefficient (Wildman–Crippen LogP) is 3.57. The molecule has 3 nitrogen and oxygen atoms in total. The first-order chi connectivity index (χ1) is 10.7. The Kier molecular flexibility index (Phi) is 6.10. The number of hydrogen-bond acceptors (Lipinski definition) is 2. The van der Waals surface area contributed by atoms with E-state index in [0.29, 0.717) is 18.1 Å². The molecule has 2 aliphatic heterocycles. The van der Waals surface area contributed by atoms with E-state index in [9.17, 15) is 4.79 Å². The van der Waals surface area contributed by atoms with Crippen LogP contribution in [-0.4, -0.2) is 24.0 Å². The second-order valence-corrected chi connectivity index (χ2v) is 6.93. The number of halogens is 1. The van der Waals surface area contributed by atoms with Gasteiger partial charge in [-0.2, -0.15) is 0 Å². The van der Waals surface area contributed by atoms with Gasteiger partial charge in [-0.1, -0.05) is 44.2 Å². The summed E-state index contributed by atoms with van der Waals surface area (Å²) in [6.45, 7) is 4.25. The zero-order valence-electron chi connectivity index (χ0n) is 14.2. The SMILES string of the molecule is CCC(CC)(C(=O)NC1CC2CCC(C1)N2)c1ccccc1.Cl. The van der Waals surface area contributed by atoms with E-state index in [0.717, 1.165) is 31.2 Å². The average molecular weight is 337 g/mol. The third kappa shape index (κ3) is 3.56. The van der Waals surface area contributed by atoms with Crippen LogP contribution < -0.4 is 10.6 Å². The van der Waals surface area contributed by atoms with Crippen molar-refractivity contribution in [2.45, 2.75) is 75.9 Å². The first-order valence-electron chi connectivity index (χ1n) is 8.80. The second-order valence-electron chi connectivity index (χ2n) is 6.93. The van der Waals surface area contributed by atoms with E-state index in [-0.39, 0.29) is 23.7 Å². The van der Waals surface area contributed by atoms with Crippen molar-refractivity contribution in [1.29, 1.82) is 0 Å². The number of hydrogen-bond donors (Lipinski definition) is 2. The molecule has 0 saturated carbocycles. The predicted molar refractivity (Wildman–Crippen MR) is 97.1 cm³/mol. The van der Waals surface area contributed by atoms with Crippen molar-refractivity contribution in [3.05, 3.63) is 35.9 Å². The average Bonchev–Trinajstić information content (AvgIpc) is 2.89. The molecule has 0 radical (unpaired) electrons. The Balaban J connectivity index is 0.00000192. The Hall–Kier alpha value is -1.06. The van der Waals surface area contributed by atoms with Crippen molar-refractivity contribution >= 4 is 18.3 Å². The number of carbonyl (C=O) groups is 1. The zero-order valence-corrected chi connectivity index (χ0v) is 15.0. The maximum atomic E-state index is 13.1. The van der Waals surface area contributed by atoms with Gasteiger partial charge in [-0.25, -0.2) is 0 Å². The van der Waals surface area contributed by atoms with Crippen LogP contribution >= 0.6 is 12.4 Å². The third-order valence-electron chi connectivity index (χ3n) is 5.78. The summed E-state index contributed by atoms with van der Waals surface area (Å²) < 4.78 is 0. The Morgan fingerprint density at radius 1 is 1.13 bits per heavy atom. The van der Waals surface area contributed by atoms with Gasteiger partial charge in [-0.05, 0) is 44.1 Å². The molecule has 23 heavy (non-hydrogen) atoms. The third-order valence-corrected chi connectivity index (χ3v) is 5.78. The van der Waals surface area contributed by atoms with Gasteiger partial charge in [0.1, 0.15) is 0 Å². The molecule has 0 spiro atoms. The molecule has 128 valence electrons. The van der Waals surface area contributed by atoms with E-state index in [1.165, 1.54) is 12.8 Å². The molecule has 0 aliphatic carbocycles. The highest BCUT2D eigenvalue weighted by Gasteiger charge is 2.40. The number of amides is 1. The summed E-state index contributed by atoms with van der Waals surface area (Å²) in [6.07, 6.45) is 6.39. The maximum Gasteiger partial charge on any atom is 0.230 e. The summed E-state index contributed by atoms with van der Waals surface area (Å²) in [4.78, 5) is 13.1. The van der Waals surface area contributed by atoms with E-state index in [4.69, 9.17) is 0 Å². The molecule has 2 heterocycles. The van der Waals surface area contributed by atoms with Crippen molar-refractivity contribution in [1.82, 2.24) is 10.6 Å². The van der Waals surface area contributed by atoms with Gasteiger partial charge in [-0.3, -0.25) is 4.79 Å². The number of piperidine rings is 1. The normalized spacial score (nSPS) is 26.4. The van der Waals surface area contributed by atoms with Crippen LogP contribution in [-0.2, 0) is 10.2 Å². The molecular formula is C19H29ClN2O. The van der Waals surface area contributed by atoms with Crippen LogP contribution in [0.25, 0.3) is 0 Å². The molecule has 4 heteroatoms. The fraction of sp³-hybridized carbons (Fsp3) is 0.632. The van der Waals surface area contributed by atoms with Crippen LogP contribution in [0, 0.1) is 0 Å². The highest BCUT2D eigenvalue weighted by molar-refractivity contribution is 5.88. The van der Waals surface area contributed by atoms with Gasteiger partial charge in [-0.15, -0.1) is 12.4 Å². The number of carbonyl (C=O) groups excluding carboxylic acids is 1. The van der Waals surface area contributed by atoms with Gasteiger partial charge < -0.3 is 10.6 Å². The van der Waals surface area contributed by atoms with Crippen molar-refractivity contribution in [2.24, 2.45) is 0 Å². The second kappa shape index (κ2) is 7.67. The Labute approximate surface area is 146 Å². The lowest BCUT2D eigenvalue weighted by molar-refractivity contribution is -0.128. The fourth-order valence-corrected chi connectivity index (χ4v) is 4.37. The van der Waals surface area contributed by atoms with Crippen molar-refractivity contribution in [2.75, 3.05) is 0 Å². The van der Waals surface area contributed by atoms with Gasteiger partial charge in [0.05, 0.1) is 5.41 Å². The van der Waals surface area contributed by atoms with Crippen LogP contribution in [0.5, 0.6) is 0 Å². The van der Waals surface area contributed by atoms with Gasteiger partial charge in [0.15, 0.2) is 0 Å². The number of fused-ring (bicyclic) bond motifs is 2. The van der Waals surface area contributed by atoms with Crippen LogP contribution in [0.1, 0.15) is 57.9 Å². The summed E-state index contributed by atoms with van der Waals surface area (Å²) in [6, 6.07) is 11.8. The molecule has 2 saturated heterocycles. The largest absolute Gasteiger partial charge is 0.352 e. The molecule has 2 bridgehead atoms. The van der Waals surface area contributed by atoms with Crippen LogP contribution in [0.15, 0.2) is 30.3 Å². The lowest BCUT2D eigenvalue weighted by atomic mass is 9.74. The molecule has 2 atom stereocenters. The monoisotopic (exact) mass is 336 g/mol. The molecule has 1 aromatic rings. The summed E-state index contributed by atoms with van der Waals surface area (Å²) in [5, 5.41) is 7.02. The molecule has 2 fully saturated rings. The molecule has 0 aromatic heterocycles. The van der Waals surface area contributed by atoms with Crippen molar-refractivity contribution < 1.29 is 4.79 Å². The lowest BCUT2D eigenvalue weighted by Crippen LogP contribution is -2.53. The van der Waals surface area contributed by atoms with E-state index in [1.54, 1.807) is 0 Å². The molecule has 2 aliphatic rings. The van der Waals surface area contributed by atoms with Crippen LogP contribution in [0.4, 0.5) is 0 Å². The number of rotatable bonds is 5. The number of nitrogens with one attached hydrogen (secondary N) is 2. The number of benzene rings is 1. The highest BCUT2D eigenvalue weighted by atomic mass is 35.5. The van der Waals surface area contributed by atoms with Gasteiger partial charge in [0.25, 0.3) is 0 Å². The maximum absolute atomic E-state index is 13.1. The van der Waals surface area contributed by atoms with E-state index < -0.39 is 0 Å². The molecule has 1 aromatic carbocycles. The summed E-state index contributed by atoms with van der Waals surface area (Å²) in [5.41, 5.74) is 0.764. The lowest BCUT2D eigenvalue weighted by Gasteiger charge is -2.36. The summed E-state index contributed by atoms with van der Waals surface area (Å²) >= 11 is 0. The first-order valence-corrected chi connectivity index (χ1v) is 8.80. The van der Waals surface area contributed by atoms with E-state index in [1.807, 2.05) is 18.2 Å². The topological polar surface area (TPSA) is 41.1 Å².